The summed E-state index contributed by atoms with van der Waals surface area (Å²) in [5.74, 6) is 0. The van der Waals surface area contributed by atoms with E-state index >= 15 is 0 Å². The van der Waals surface area contributed by atoms with Crippen molar-refractivity contribution in [3.05, 3.63) is 42.0 Å². The molecule has 3 heteroatoms. The molecule has 0 saturated heterocycles. The van der Waals surface area contributed by atoms with E-state index < -0.39 is 0 Å². The molecule has 1 N–H and O–H groups in total. The molecule has 12 heavy (non-hydrogen) atoms. The molecule has 3 nitrogen and oxygen atoms in total. The predicted octanol–water partition coefficient (Wildman–Crippen LogP) is 1.72. The fourth-order valence-corrected chi connectivity index (χ4v) is 1.13. The number of nitrogens with zero attached hydrogens (tertiary/aromatic N) is 1. The van der Waals surface area contributed by atoms with E-state index in [1.54, 1.807) is 6.07 Å². The van der Waals surface area contributed by atoms with Crippen molar-refractivity contribution in [3.63, 3.8) is 0 Å². The molecule has 2 aromatic rings. The van der Waals surface area contributed by atoms with Crippen molar-refractivity contribution < 1.29 is 9.62 Å². The molecule has 0 amide bonds. The van der Waals surface area contributed by atoms with Crippen LogP contribution >= 0.6 is 0 Å². The molecule has 1 heterocycles. The third-order valence-electron chi connectivity index (χ3n) is 1.69. The standard InChI is InChI=1S/C9H7NO2/c11-10-8-5-6-12-9-4-2-1-3-7(8)9/h1-6,11H. The smallest absolute Gasteiger partial charge is 0.136 e. The van der Waals surface area contributed by atoms with Crippen molar-refractivity contribution in [1.82, 2.24) is 0 Å². The summed E-state index contributed by atoms with van der Waals surface area (Å²) < 4.78 is 5.18. The van der Waals surface area contributed by atoms with Crippen LogP contribution in [0.15, 0.2) is 46.2 Å². The first-order valence-corrected chi connectivity index (χ1v) is 3.56. The molecule has 0 radical (unpaired) electrons. The monoisotopic (exact) mass is 161 g/mol. The molecule has 0 bridgehead atoms. The van der Waals surface area contributed by atoms with Crippen LogP contribution < -0.4 is 5.36 Å². The third-order valence-corrected chi connectivity index (χ3v) is 1.69. The van der Waals surface area contributed by atoms with E-state index in [9.17, 15) is 0 Å². The van der Waals surface area contributed by atoms with E-state index in [1.807, 2.05) is 24.3 Å². The van der Waals surface area contributed by atoms with Crippen LogP contribution in [0.3, 0.4) is 0 Å². The summed E-state index contributed by atoms with van der Waals surface area (Å²) in [4.78, 5) is 0. The molecular weight excluding hydrogens is 154 g/mol. The lowest BCUT2D eigenvalue weighted by Crippen LogP contribution is -2.00. The Kier molecular flexibility index (Phi) is 1.55. The van der Waals surface area contributed by atoms with E-state index in [0.717, 1.165) is 5.39 Å². The molecule has 0 atom stereocenters. The molecular formula is C9H7NO2. The van der Waals surface area contributed by atoms with Gasteiger partial charge in [-0.15, -0.1) is 0 Å². The van der Waals surface area contributed by atoms with Gasteiger partial charge in [-0.05, 0) is 12.1 Å². The van der Waals surface area contributed by atoms with Gasteiger partial charge in [-0.3, -0.25) is 0 Å². The van der Waals surface area contributed by atoms with Gasteiger partial charge in [0.2, 0.25) is 0 Å². The summed E-state index contributed by atoms with van der Waals surface area (Å²) in [6.45, 7) is 0. The van der Waals surface area contributed by atoms with Gasteiger partial charge >= 0.3 is 0 Å². The van der Waals surface area contributed by atoms with Crippen molar-refractivity contribution in [2.75, 3.05) is 0 Å². The molecule has 60 valence electrons. The van der Waals surface area contributed by atoms with Crippen LogP contribution in [0.25, 0.3) is 11.0 Å². The Labute approximate surface area is 68.6 Å². The molecule has 0 aliphatic heterocycles. The van der Waals surface area contributed by atoms with E-state index in [1.165, 1.54) is 6.26 Å². The van der Waals surface area contributed by atoms with Crippen LogP contribution in [0.5, 0.6) is 0 Å². The maximum Gasteiger partial charge on any atom is 0.136 e. The molecule has 2 rings (SSSR count). The lowest BCUT2D eigenvalue weighted by Gasteiger charge is -1.93. The number of fused-ring (bicyclic) bond motifs is 1. The van der Waals surface area contributed by atoms with Gasteiger partial charge in [0.25, 0.3) is 0 Å². The van der Waals surface area contributed by atoms with E-state index in [-0.39, 0.29) is 0 Å². The normalized spacial score (nSPS) is 12.2. The summed E-state index contributed by atoms with van der Waals surface area (Å²) in [6, 6.07) is 9.01. The quantitative estimate of drug-likeness (QED) is 0.472. The van der Waals surface area contributed by atoms with Gasteiger partial charge in [0.1, 0.15) is 10.9 Å². The highest BCUT2D eigenvalue weighted by Gasteiger charge is 1.94. The second-order valence-corrected chi connectivity index (χ2v) is 2.40. The Morgan fingerprint density at radius 2 is 2.00 bits per heavy atom. The summed E-state index contributed by atoms with van der Waals surface area (Å²) in [5.41, 5.74) is 0.716. The maximum atomic E-state index is 8.62. The van der Waals surface area contributed by atoms with Gasteiger partial charge in [-0.25, -0.2) is 0 Å². The first-order valence-electron chi connectivity index (χ1n) is 3.56. The molecule has 0 unspecified atom stereocenters. The minimum Gasteiger partial charge on any atom is -0.464 e. The molecule has 1 aromatic carbocycles. The van der Waals surface area contributed by atoms with Crippen molar-refractivity contribution in [1.29, 1.82) is 0 Å². The molecule has 0 fully saturated rings. The Hall–Kier alpha value is -1.77. The molecule has 0 spiro atoms. The zero-order valence-electron chi connectivity index (χ0n) is 6.27. The van der Waals surface area contributed by atoms with Crippen LogP contribution in [-0.2, 0) is 0 Å². The molecule has 0 aliphatic carbocycles. The van der Waals surface area contributed by atoms with Crippen molar-refractivity contribution in [3.8, 4) is 0 Å². The second kappa shape index (κ2) is 2.70. The van der Waals surface area contributed by atoms with Crippen molar-refractivity contribution in [2.24, 2.45) is 5.16 Å². The highest BCUT2D eigenvalue weighted by molar-refractivity contribution is 5.75. The minimum absolute atomic E-state index is 0.525. The van der Waals surface area contributed by atoms with Gasteiger partial charge in [-0.2, -0.15) is 0 Å². The summed E-state index contributed by atoms with van der Waals surface area (Å²) in [7, 11) is 0. The fourth-order valence-electron chi connectivity index (χ4n) is 1.13. The van der Waals surface area contributed by atoms with Crippen LogP contribution in [-0.4, -0.2) is 5.21 Å². The average molecular weight is 161 g/mol. The maximum absolute atomic E-state index is 8.62. The lowest BCUT2D eigenvalue weighted by molar-refractivity contribution is 0.302. The number of benzene rings is 1. The third kappa shape index (κ3) is 0.955. The van der Waals surface area contributed by atoms with E-state index in [4.69, 9.17) is 9.62 Å². The fraction of sp³-hybridized carbons (Fsp3) is 0. The molecule has 0 aliphatic rings. The second-order valence-electron chi connectivity index (χ2n) is 2.40. The van der Waals surface area contributed by atoms with Crippen LogP contribution in [0.4, 0.5) is 0 Å². The SMILES string of the molecule is ON=c1ccoc2ccccc12. The topological polar surface area (TPSA) is 45.7 Å². The number of rotatable bonds is 0. The summed E-state index contributed by atoms with van der Waals surface area (Å²) >= 11 is 0. The zero-order chi connectivity index (χ0) is 8.39. The Morgan fingerprint density at radius 3 is 2.83 bits per heavy atom. The minimum atomic E-state index is 0.525. The highest BCUT2D eigenvalue weighted by Crippen LogP contribution is 2.07. The van der Waals surface area contributed by atoms with Crippen molar-refractivity contribution in [2.45, 2.75) is 0 Å². The highest BCUT2D eigenvalue weighted by atomic mass is 16.4. The zero-order valence-corrected chi connectivity index (χ0v) is 6.27. The Balaban J connectivity index is 2.99. The van der Waals surface area contributed by atoms with Crippen molar-refractivity contribution >= 4 is 11.0 Å². The number of hydrogen-bond acceptors (Lipinski definition) is 3. The van der Waals surface area contributed by atoms with Gasteiger partial charge in [-0.1, -0.05) is 17.3 Å². The first-order chi connectivity index (χ1) is 5.92. The summed E-state index contributed by atoms with van der Waals surface area (Å²) in [6.07, 6.45) is 1.50. The van der Waals surface area contributed by atoms with Gasteiger partial charge in [0, 0.05) is 11.5 Å². The van der Waals surface area contributed by atoms with Gasteiger partial charge in [0.15, 0.2) is 0 Å². The van der Waals surface area contributed by atoms with Crippen LogP contribution in [0, 0.1) is 0 Å². The van der Waals surface area contributed by atoms with Crippen LogP contribution in [0.2, 0.25) is 0 Å². The number of hydrogen-bond donors (Lipinski definition) is 1. The van der Waals surface area contributed by atoms with E-state index in [0.29, 0.717) is 10.9 Å². The molecule has 0 saturated carbocycles. The number of para-hydroxylation sites is 1. The van der Waals surface area contributed by atoms with Crippen LogP contribution in [0.1, 0.15) is 0 Å². The first kappa shape index (κ1) is 6.91. The largest absolute Gasteiger partial charge is 0.464 e. The average Bonchev–Trinajstić information content (AvgIpc) is 2.17. The van der Waals surface area contributed by atoms with Gasteiger partial charge in [0.05, 0.1) is 6.26 Å². The molecule has 1 aromatic heterocycles. The lowest BCUT2D eigenvalue weighted by atomic mass is 10.2. The van der Waals surface area contributed by atoms with Gasteiger partial charge < -0.3 is 9.62 Å². The Bertz CT molecular complexity index is 454. The summed E-state index contributed by atoms with van der Waals surface area (Å²) in [5, 5.41) is 13.1. The Morgan fingerprint density at radius 1 is 1.17 bits per heavy atom. The predicted molar refractivity (Wildman–Crippen MR) is 43.6 cm³/mol. The van der Waals surface area contributed by atoms with E-state index in [2.05, 4.69) is 5.16 Å².